The van der Waals surface area contributed by atoms with Gasteiger partial charge in [-0.1, -0.05) is 31.8 Å². The van der Waals surface area contributed by atoms with E-state index in [0.29, 0.717) is 12.2 Å². The SMILES string of the molecule is CCOC(=O)c1cccc(/C(=N\C(=O)OC(C)(C)C)N(COCC[Si](C)(C)C)C(=O)OC(C)(C)C)c1. The molecule has 0 aromatic heterocycles. The Kier molecular flexibility index (Phi) is 11.3. The molecule has 0 saturated carbocycles. The Morgan fingerprint density at radius 2 is 1.53 bits per heavy atom. The number of hydrogen-bond donors (Lipinski definition) is 0. The summed E-state index contributed by atoms with van der Waals surface area (Å²) < 4.78 is 21.9. The molecular weight excluding hydrogens is 480 g/mol. The van der Waals surface area contributed by atoms with E-state index in [0.717, 1.165) is 10.9 Å². The molecule has 0 aliphatic rings. The molecule has 0 fully saturated rings. The second-order valence-corrected chi connectivity index (χ2v) is 17.1. The van der Waals surface area contributed by atoms with Crippen molar-refractivity contribution >= 4 is 32.1 Å². The highest BCUT2D eigenvalue weighted by Crippen LogP contribution is 2.18. The number of esters is 1. The summed E-state index contributed by atoms with van der Waals surface area (Å²) in [5, 5.41) is 0. The van der Waals surface area contributed by atoms with Crippen molar-refractivity contribution < 1.29 is 33.3 Å². The van der Waals surface area contributed by atoms with Crippen molar-refractivity contribution in [2.75, 3.05) is 19.9 Å². The number of rotatable bonds is 8. The summed E-state index contributed by atoms with van der Waals surface area (Å²) in [4.78, 5) is 43.6. The minimum absolute atomic E-state index is 0.0577. The van der Waals surface area contributed by atoms with Crippen LogP contribution in [0, 0.1) is 0 Å². The molecule has 0 spiro atoms. The van der Waals surface area contributed by atoms with Crippen molar-refractivity contribution in [2.24, 2.45) is 4.99 Å². The zero-order chi connectivity index (χ0) is 27.7. The van der Waals surface area contributed by atoms with Crippen LogP contribution in [0.15, 0.2) is 29.3 Å². The fourth-order valence-corrected chi connectivity index (χ4v) is 3.46. The van der Waals surface area contributed by atoms with Crippen molar-refractivity contribution in [2.45, 2.75) is 85.4 Å². The molecule has 36 heavy (non-hydrogen) atoms. The van der Waals surface area contributed by atoms with Gasteiger partial charge in [0, 0.05) is 20.2 Å². The van der Waals surface area contributed by atoms with Crippen molar-refractivity contribution in [1.82, 2.24) is 4.90 Å². The zero-order valence-corrected chi connectivity index (χ0v) is 24.4. The molecule has 10 heteroatoms. The Hall–Kier alpha value is -2.72. The molecule has 0 radical (unpaired) electrons. The molecule has 1 aromatic carbocycles. The van der Waals surface area contributed by atoms with Crippen LogP contribution in [0.2, 0.25) is 25.7 Å². The van der Waals surface area contributed by atoms with Gasteiger partial charge in [-0.3, -0.25) is 0 Å². The smallest absolute Gasteiger partial charge is 0.436 e. The van der Waals surface area contributed by atoms with Crippen LogP contribution in [0.1, 0.15) is 64.4 Å². The van der Waals surface area contributed by atoms with Gasteiger partial charge in [-0.2, -0.15) is 4.99 Å². The van der Waals surface area contributed by atoms with Crippen molar-refractivity contribution in [3.8, 4) is 0 Å². The maximum absolute atomic E-state index is 13.3. The minimum atomic E-state index is -1.38. The molecule has 2 amide bonds. The van der Waals surface area contributed by atoms with Gasteiger partial charge in [-0.25, -0.2) is 19.3 Å². The van der Waals surface area contributed by atoms with Crippen LogP contribution >= 0.6 is 0 Å². The zero-order valence-electron chi connectivity index (χ0n) is 23.4. The fraction of sp³-hybridized carbons (Fsp3) is 0.615. The molecule has 0 aliphatic heterocycles. The molecule has 9 nitrogen and oxygen atoms in total. The van der Waals surface area contributed by atoms with Gasteiger partial charge in [0.1, 0.15) is 17.9 Å². The standard InChI is InChI=1S/C26H42N2O7Si/c1-11-33-22(29)20-14-12-13-19(17-20)21(27-23(30)34-25(2,3)4)28(24(31)35-26(5,6)7)18-32-15-16-36(8,9)10/h12-14,17H,11,15-16,18H2,1-10H3/b27-21+. The number of benzene rings is 1. The average Bonchev–Trinajstić information content (AvgIpc) is 2.69. The summed E-state index contributed by atoms with van der Waals surface area (Å²) in [6.45, 7) is 19.2. The quantitative estimate of drug-likeness (QED) is 0.0773. The first-order valence-corrected chi connectivity index (χ1v) is 15.8. The van der Waals surface area contributed by atoms with Crippen molar-refractivity contribution in [1.29, 1.82) is 0 Å². The maximum Gasteiger partial charge on any atom is 0.436 e. The maximum atomic E-state index is 13.3. The lowest BCUT2D eigenvalue weighted by Gasteiger charge is -2.28. The van der Waals surface area contributed by atoms with Crippen LogP contribution in [0.4, 0.5) is 9.59 Å². The summed E-state index contributed by atoms with van der Waals surface area (Å²) in [5.74, 6) is -0.594. The summed E-state index contributed by atoms with van der Waals surface area (Å²) >= 11 is 0. The Labute approximate surface area is 216 Å². The Morgan fingerprint density at radius 1 is 0.944 bits per heavy atom. The Morgan fingerprint density at radius 3 is 2.06 bits per heavy atom. The summed E-state index contributed by atoms with van der Waals surface area (Å²) in [7, 11) is -1.38. The van der Waals surface area contributed by atoms with E-state index >= 15 is 0 Å². The van der Waals surface area contributed by atoms with Crippen LogP contribution in [0.5, 0.6) is 0 Å². The van der Waals surface area contributed by atoms with Gasteiger partial charge in [0.2, 0.25) is 0 Å². The third kappa shape index (κ3) is 12.3. The highest BCUT2D eigenvalue weighted by atomic mass is 28.3. The number of carbonyl (C=O) groups is 3. The highest BCUT2D eigenvalue weighted by Gasteiger charge is 2.29. The van der Waals surface area contributed by atoms with Crippen LogP contribution in [0.25, 0.3) is 0 Å². The van der Waals surface area contributed by atoms with Crippen LogP contribution in [0.3, 0.4) is 0 Å². The molecule has 0 aliphatic carbocycles. The average molecular weight is 523 g/mol. The number of carbonyl (C=O) groups excluding carboxylic acids is 3. The van der Waals surface area contributed by atoms with Gasteiger partial charge in [0.05, 0.1) is 12.2 Å². The predicted octanol–water partition coefficient (Wildman–Crippen LogP) is 6.09. The van der Waals surface area contributed by atoms with Gasteiger partial charge >= 0.3 is 18.2 Å². The fourth-order valence-electron chi connectivity index (χ4n) is 2.70. The van der Waals surface area contributed by atoms with E-state index in [2.05, 4.69) is 24.6 Å². The van der Waals surface area contributed by atoms with Crippen LogP contribution in [-0.2, 0) is 18.9 Å². The third-order valence-electron chi connectivity index (χ3n) is 4.31. The number of hydrogen-bond acceptors (Lipinski definition) is 7. The Bertz CT molecular complexity index is 941. The molecule has 202 valence electrons. The van der Waals surface area contributed by atoms with E-state index in [-0.39, 0.29) is 24.7 Å². The number of ether oxygens (including phenoxy) is 4. The van der Waals surface area contributed by atoms with E-state index in [4.69, 9.17) is 18.9 Å². The van der Waals surface area contributed by atoms with Crippen molar-refractivity contribution in [3.05, 3.63) is 35.4 Å². The number of nitrogens with zero attached hydrogens (tertiary/aromatic N) is 2. The van der Waals surface area contributed by atoms with Gasteiger partial charge in [-0.15, -0.1) is 0 Å². The molecule has 0 unspecified atom stereocenters. The molecule has 0 atom stereocenters. The lowest BCUT2D eigenvalue weighted by atomic mass is 10.1. The van der Waals surface area contributed by atoms with E-state index in [1.54, 1.807) is 66.7 Å². The van der Waals surface area contributed by atoms with Crippen molar-refractivity contribution in [3.63, 3.8) is 0 Å². The molecule has 0 heterocycles. The van der Waals surface area contributed by atoms with Crippen LogP contribution in [-0.4, -0.2) is 68.1 Å². The Balaban J connectivity index is 3.53. The highest BCUT2D eigenvalue weighted by molar-refractivity contribution is 6.76. The monoisotopic (exact) mass is 522 g/mol. The molecule has 0 N–H and O–H groups in total. The number of amidine groups is 1. The number of aliphatic imine (C=N–C) groups is 1. The third-order valence-corrected chi connectivity index (χ3v) is 6.01. The van der Waals surface area contributed by atoms with E-state index < -0.39 is 37.4 Å². The molecule has 0 saturated heterocycles. The normalized spacial score (nSPS) is 12.7. The minimum Gasteiger partial charge on any atom is -0.462 e. The van der Waals surface area contributed by atoms with Crippen LogP contribution < -0.4 is 0 Å². The molecule has 1 rings (SSSR count). The summed E-state index contributed by atoms with van der Waals surface area (Å²) in [6.07, 6.45) is -1.64. The molecule has 1 aromatic rings. The van der Waals surface area contributed by atoms with Gasteiger partial charge in [0.15, 0.2) is 5.84 Å². The predicted molar refractivity (Wildman–Crippen MR) is 142 cm³/mol. The van der Waals surface area contributed by atoms with Gasteiger partial charge in [0.25, 0.3) is 0 Å². The largest absolute Gasteiger partial charge is 0.462 e. The first-order chi connectivity index (χ1) is 16.4. The summed E-state index contributed by atoms with van der Waals surface area (Å²) in [5.41, 5.74) is -1.04. The summed E-state index contributed by atoms with van der Waals surface area (Å²) in [6, 6.07) is 7.21. The lowest BCUT2D eigenvalue weighted by Crippen LogP contribution is -2.43. The van der Waals surface area contributed by atoms with Gasteiger partial charge in [-0.05, 0) is 66.6 Å². The molecule has 0 bridgehead atoms. The second-order valence-electron chi connectivity index (χ2n) is 11.5. The number of amides is 2. The second kappa shape index (κ2) is 13.0. The van der Waals surface area contributed by atoms with E-state index in [9.17, 15) is 14.4 Å². The van der Waals surface area contributed by atoms with E-state index in [1.807, 2.05) is 0 Å². The van der Waals surface area contributed by atoms with Gasteiger partial charge < -0.3 is 18.9 Å². The van der Waals surface area contributed by atoms with E-state index in [1.165, 1.54) is 6.07 Å². The lowest BCUT2D eigenvalue weighted by molar-refractivity contribution is 0.0104. The topological polar surface area (TPSA) is 104 Å². The first-order valence-electron chi connectivity index (χ1n) is 12.1. The first kappa shape index (κ1) is 31.3. The molecular formula is C26H42N2O7Si.